The zero-order chi connectivity index (χ0) is 14.4. The summed E-state index contributed by atoms with van der Waals surface area (Å²) in [6.07, 6.45) is 3.90. The van der Waals surface area contributed by atoms with Gasteiger partial charge in [0.25, 0.3) is 0 Å². The fourth-order valence-corrected chi connectivity index (χ4v) is 2.80. The molecule has 20 heavy (non-hydrogen) atoms. The molecule has 0 aliphatic carbocycles. The normalized spacial score (nSPS) is 16.4. The van der Waals surface area contributed by atoms with E-state index in [1.54, 1.807) is 0 Å². The van der Waals surface area contributed by atoms with E-state index in [0.29, 0.717) is 12.5 Å². The highest BCUT2D eigenvalue weighted by molar-refractivity contribution is 6.30. The Labute approximate surface area is 126 Å². The van der Waals surface area contributed by atoms with Crippen molar-refractivity contribution in [1.29, 1.82) is 0 Å². The van der Waals surface area contributed by atoms with Crippen LogP contribution in [-0.2, 0) is 4.79 Å². The molecule has 0 aromatic heterocycles. The van der Waals surface area contributed by atoms with Crippen molar-refractivity contribution >= 4 is 17.5 Å². The lowest BCUT2D eigenvalue weighted by Gasteiger charge is -2.19. The fraction of sp³-hybridized carbons (Fsp3) is 0.562. The van der Waals surface area contributed by atoms with E-state index in [1.165, 1.54) is 5.56 Å². The van der Waals surface area contributed by atoms with Crippen molar-refractivity contribution < 1.29 is 4.79 Å². The molecule has 2 rings (SSSR count). The first kappa shape index (κ1) is 15.3. The van der Waals surface area contributed by atoms with E-state index in [2.05, 4.69) is 12.2 Å². The lowest BCUT2D eigenvalue weighted by atomic mass is 10.0. The molecule has 1 amide bonds. The quantitative estimate of drug-likeness (QED) is 0.872. The summed E-state index contributed by atoms with van der Waals surface area (Å²) in [5.41, 5.74) is 1.23. The van der Waals surface area contributed by atoms with E-state index in [1.807, 2.05) is 29.2 Å². The van der Waals surface area contributed by atoms with Gasteiger partial charge in [-0.3, -0.25) is 4.79 Å². The molecule has 1 aromatic carbocycles. The van der Waals surface area contributed by atoms with Gasteiger partial charge in [0.2, 0.25) is 5.91 Å². The highest BCUT2D eigenvalue weighted by Crippen LogP contribution is 2.19. The molecule has 1 aromatic rings. The number of benzene rings is 1. The van der Waals surface area contributed by atoms with E-state index in [4.69, 9.17) is 11.6 Å². The minimum Gasteiger partial charge on any atom is -0.343 e. The Balaban J connectivity index is 1.78. The number of amides is 1. The van der Waals surface area contributed by atoms with E-state index in [9.17, 15) is 4.79 Å². The SMILES string of the molecule is CCC(NCCC(=O)N1CCCC1)c1ccc(Cl)cc1. The van der Waals surface area contributed by atoms with Crippen LogP contribution in [0, 0.1) is 0 Å². The molecule has 1 fully saturated rings. The van der Waals surface area contributed by atoms with Crippen LogP contribution >= 0.6 is 11.6 Å². The first-order chi connectivity index (χ1) is 9.70. The summed E-state index contributed by atoms with van der Waals surface area (Å²) in [5.74, 6) is 0.279. The molecule has 1 atom stereocenters. The van der Waals surface area contributed by atoms with Gasteiger partial charge in [-0.1, -0.05) is 30.7 Å². The third kappa shape index (κ3) is 4.22. The smallest absolute Gasteiger partial charge is 0.223 e. The Kier molecular flexibility index (Phi) is 5.86. The van der Waals surface area contributed by atoms with E-state index < -0.39 is 0 Å². The van der Waals surface area contributed by atoms with Gasteiger partial charge in [0.05, 0.1) is 0 Å². The van der Waals surface area contributed by atoms with Crippen molar-refractivity contribution in [2.75, 3.05) is 19.6 Å². The fourth-order valence-electron chi connectivity index (χ4n) is 2.67. The second-order valence-corrected chi connectivity index (χ2v) is 5.74. The van der Waals surface area contributed by atoms with Crippen molar-refractivity contribution in [1.82, 2.24) is 10.2 Å². The molecule has 3 nitrogen and oxygen atoms in total. The monoisotopic (exact) mass is 294 g/mol. The average Bonchev–Trinajstić information content (AvgIpc) is 2.99. The molecular formula is C16H23ClN2O. The molecule has 1 heterocycles. The summed E-state index contributed by atoms with van der Waals surface area (Å²) in [6.45, 7) is 4.76. The summed E-state index contributed by atoms with van der Waals surface area (Å²) >= 11 is 5.91. The Morgan fingerprint density at radius 1 is 1.30 bits per heavy atom. The van der Waals surface area contributed by atoms with E-state index >= 15 is 0 Å². The summed E-state index contributed by atoms with van der Waals surface area (Å²) in [7, 11) is 0. The van der Waals surface area contributed by atoms with E-state index in [0.717, 1.165) is 43.9 Å². The van der Waals surface area contributed by atoms with Crippen molar-refractivity contribution in [2.24, 2.45) is 0 Å². The van der Waals surface area contributed by atoms with Gasteiger partial charge in [-0.25, -0.2) is 0 Å². The van der Waals surface area contributed by atoms with Crippen LogP contribution in [0.5, 0.6) is 0 Å². The standard InChI is InChI=1S/C16H23ClN2O/c1-2-15(13-5-7-14(17)8-6-13)18-10-9-16(20)19-11-3-4-12-19/h5-8,15,18H,2-4,9-12H2,1H3. The molecule has 0 spiro atoms. The molecule has 0 radical (unpaired) electrons. The van der Waals surface area contributed by atoms with Crippen LogP contribution < -0.4 is 5.32 Å². The predicted octanol–water partition coefficient (Wildman–Crippen LogP) is 3.39. The minimum atomic E-state index is 0.279. The molecule has 1 N–H and O–H groups in total. The van der Waals surface area contributed by atoms with Crippen LogP contribution in [0.4, 0.5) is 0 Å². The Morgan fingerprint density at radius 2 is 1.95 bits per heavy atom. The van der Waals surface area contributed by atoms with Gasteiger partial charge in [-0.15, -0.1) is 0 Å². The van der Waals surface area contributed by atoms with Gasteiger partial charge in [-0.05, 0) is 37.0 Å². The highest BCUT2D eigenvalue weighted by atomic mass is 35.5. The molecule has 110 valence electrons. The lowest BCUT2D eigenvalue weighted by Crippen LogP contribution is -2.31. The van der Waals surface area contributed by atoms with Gasteiger partial charge in [0.1, 0.15) is 0 Å². The highest BCUT2D eigenvalue weighted by Gasteiger charge is 2.17. The number of carbonyl (C=O) groups is 1. The van der Waals surface area contributed by atoms with Crippen LogP contribution in [0.3, 0.4) is 0 Å². The first-order valence-electron chi connectivity index (χ1n) is 7.47. The van der Waals surface area contributed by atoms with Gasteiger partial charge < -0.3 is 10.2 Å². The van der Waals surface area contributed by atoms with E-state index in [-0.39, 0.29) is 5.91 Å². The van der Waals surface area contributed by atoms with Crippen LogP contribution in [0.1, 0.15) is 44.2 Å². The summed E-state index contributed by atoms with van der Waals surface area (Å²) in [4.78, 5) is 13.9. The summed E-state index contributed by atoms with van der Waals surface area (Å²) < 4.78 is 0. The third-order valence-electron chi connectivity index (χ3n) is 3.87. The number of hydrogen-bond acceptors (Lipinski definition) is 2. The molecule has 0 bridgehead atoms. The maximum absolute atomic E-state index is 12.0. The van der Waals surface area contributed by atoms with Crippen molar-refractivity contribution in [3.8, 4) is 0 Å². The first-order valence-corrected chi connectivity index (χ1v) is 7.85. The van der Waals surface area contributed by atoms with Gasteiger partial charge in [-0.2, -0.15) is 0 Å². The average molecular weight is 295 g/mol. The van der Waals surface area contributed by atoms with Crippen molar-refractivity contribution in [3.63, 3.8) is 0 Å². The zero-order valence-electron chi connectivity index (χ0n) is 12.1. The van der Waals surface area contributed by atoms with Crippen LogP contribution in [-0.4, -0.2) is 30.4 Å². The Morgan fingerprint density at radius 3 is 2.55 bits per heavy atom. The Bertz CT molecular complexity index is 427. The summed E-state index contributed by atoms with van der Waals surface area (Å²) in [5, 5.41) is 4.23. The number of likely N-dealkylation sites (tertiary alicyclic amines) is 1. The van der Waals surface area contributed by atoms with Crippen LogP contribution in [0.15, 0.2) is 24.3 Å². The van der Waals surface area contributed by atoms with Crippen molar-refractivity contribution in [3.05, 3.63) is 34.9 Å². The molecule has 0 saturated carbocycles. The minimum absolute atomic E-state index is 0.279. The second kappa shape index (κ2) is 7.65. The van der Waals surface area contributed by atoms with Gasteiger partial charge in [0, 0.05) is 37.1 Å². The van der Waals surface area contributed by atoms with Crippen LogP contribution in [0.2, 0.25) is 5.02 Å². The number of rotatable bonds is 6. The molecule has 4 heteroatoms. The summed E-state index contributed by atoms with van der Waals surface area (Å²) in [6, 6.07) is 8.21. The molecule has 1 saturated heterocycles. The van der Waals surface area contributed by atoms with Crippen molar-refractivity contribution in [2.45, 2.75) is 38.6 Å². The van der Waals surface area contributed by atoms with Gasteiger partial charge >= 0.3 is 0 Å². The van der Waals surface area contributed by atoms with Crippen LogP contribution in [0.25, 0.3) is 0 Å². The number of nitrogens with one attached hydrogen (secondary N) is 1. The molecule has 1 unspecified atom stereocenters. The van der Waals surface area contributed by atoms with Gasteiger partial charge in [0.15, 0.2) is 0 Å². The lowest BCUT2D eigenvalue weighted by molar-refractivity contribution is -0.130. The zero-order valence-corrected chi connectivity index (χ0v) is 12.8. The predicted molar refractivity (Wildman–Crippen MR) is 82.9 cm³/mol. The molecular weight excluding hydrogens is 272 g/mol. The third-order valence-corrected chi connectivity index (χ3v) is 4.12. The topological polar surface area (TPSA) is 32.3 Å². The number of hydrogen-bond donors (Lipinski definition) is 1. The molecule has 1 aliphatic rings. The second-order valence-electron chi connectivity index (χ2n) is 5.30. The maximum Gasteiger partial charge on any atom is 0.223 e. The number of carbonyl (C=O) groups excluding carboxylic acids is 1. The Hall–Kier alpha value is -1.06. The number of halogens is 1. The maximum atomic E-state index is 12.0. The largest absolute Gasteiger partial charge is 0.343 e. The number of nitrogens with zero attached hydrogens (tertiary/aromatic N) is 1. The molecule has 1 aliphatic heterocycles.